The fraction of sp³-hybridized carbons (Fsp3) is 0.500. The van der Waals surface area contributed by atoms with Crippen LogP contribution in [0.2, 0.25) is 0 Å². The maximum Gasteiger partial charge on any atom is 0.0332 e. The third kappa shape index (κ3) is 4.22. The van der Waals surface area contributed by atoms with E-state index < -0.39 is 0 Å². The first-order valence-electron chi connectivity index (χ1n) is 7.23. The van der Waals surface area contributed by atoms with Gasteiger partial charge in [-0.05, 0) is 59.8 Å². The molecule has 2 aromatic rings. The van der Waals surface area contributed by atoms with Crippen LogP contribution in [0.3, 0.4) is 0 Å². The van der Waals surface area contributed by atoms with E-state index in [9.17, 15) is 0 Å². The second-order valence-corrected chi connectivity index (χ2v) is 5.76. The summed E-state index contributed by atoms with van der Waals surface area (Å²) in [6.07, 6.45) is 7.96. The zero-order valence-electron chi connectivity index (χ0n) is 11.9. The van der Waals surface area contributed by atoms with Crippen LogP contribution >= 0.6 is 11.3 Å². The van der Waals surface area contributed by atoms with Gasteiger partial charge < -0.3 is 9.88 Å². The average molecular weight is 276 g/mol. The van der Waals surface area contributed by atoms with E-state index in [-0.39, 0.29) is 0 Å². The molecular formula is C16H24N2S. The van der Waals surface area contributed by atoms with Crippen LogP contribution in [0.25, 0.3) is 0 Å². The Balaban J connectivity index is 1.90. The van der Waals surface area contributed by atoms with Crippen molar-refractivity contribution in [2.24, 2.45) is 0 Å². The predicted octanol–water partition coefficient (Wildman–Crippen LogP) is 4.24. The van der Waals surface area contributed by atoms with Gasteiger partial charge in [0.25, 0.3) is 0 Å². The Labute approximate surface area is 120 Å². The van der Waals surface area contributed by atoms with Gasteiger partial charge in [0, 0.05) is 25.0 Å². The fourth-order valence-corrected chi connectivity index (χ4v) is 3.02. The van der Waals surface area contributed by atoms with Crippen LogP contribution in [0, 0.1) is 0 Å². The van der Waals surface area contributed by atoms with E-state index in [2.05, 4.69) is 59.0 Å². The van der Waals surface area contributed by atoms with Crippen LogP contribution in [0.15, 0.2) is 35.3 Å². The second-order valence-electron chi connectivity index (χ2n) is 4.98. The van der Waals surface area contributed by atoms with Crippen LogP contribution in [-0.2, 0) is 13.0 Å². The summed E-state index contributed by atoms with van der Waals surface area (Å²) in [6, 6.07) is 4.97. The molecule has 2 nitrogen and oxygen atoms in total. The van der Waals surface area contributed by atoms with E-state index in [1.54, 1.807) is 11.3 Å². The number of rotatable bonds is 8. The molecule has 0 radical (unpaired) electrons. The van der Waals surface area contributed by atoms with E-state index in [4.69, 9.17) is 0 Å². The number of hydrogen-bond acceptors (Lipinski definition) is 2. The summed E-state index contributed by atoms with van der Waals surface area (Å²) in [7, 11) is 0. The van der Waals surface area contributed by atoms with Gasteiger partial charge in [-0.1, -0.05) is 13.8 Å². The fourth-order valence-electron chi connectivity index (χ4n) is 2.31. The first kappa shape index (κ1) is 14.4. The number of nitrogens with one attached hydrogen (secondary N) is 1. The van der Waals surface area contributed by atoms with Crippen molar-refractivity contribution >= 4 is 11.3 Å². The number of aryl methyl sites for hydroxylation is 2. The standard InChI is InChI=1S/C16H24N2S/c1-3-8-17-16(4-2)15-6-10-18(12-15)9-5-14-7-11-19-13-14/h6-7,10-13,16-17H,3-5,8-9H2,1-2H3. The monoisotopic (exact) mass is 276 g/mol. The summed E-state index contributed by atoms with van der Waals surface area (Å²) in [6.45, 7) is 6.63. The molecule has 1 N–H and O–H groups in total. The van der Waals surface area contributed by atoms with Gasteiger partial charge in [0.05, 0.1) is 0 Å². The minimum atomic E-state index is 0.502. The Kier molecular flexibility index (Phi) is 5.67. The van der Waals surface area contributed by atoms with Crippen LogP contribution < -0.4 is 5.32 Å². The molecule has 0 aromatic carbocycles. The highest BCUT2D eigenvalue weighted by molar-refractivity contribution is 7.07. The van der Waals surface area contributed by atoms with Gasteiger partial charge in [0.15, 0.2) is 0 Å². The summed E-state index contributed by atoms with van der Waals surface area (Å²) < 4.78 is 2.31. The third-order valence-corrected chi connectivity index (χ3v) is 4.20. The van der Waals surface area contributed by atoms with E-state index in [0.717, 1.165) is 25.9 Å². The largest absolute Gasteiger partial charge is 0.354 e. The molecular weight excluding hydrogens is 252 g/mol. The molecule has 2 aromatic heterocycles. The Hall–Kier alpha value is -1.06. The summed E-state index contributed by atoms with van der Waals surface area (Å²) in [5.74, 6) is 0. The number of aromatic nitrogens is 1. The summed E-state index contributed by atoms with van der Waals surface area (Å²) in [5.41, 5.74) is 2.86. The zero-order chi connectivity index (χ0) is 13.5. The van der Waals surface area contributed by atoms with Crippen molar-refractivity contribution < 1.29 is 0 Å². The van der Waals surface area contributed by atoms with Gasteiger partial charge >= 0.3 is 0 Å². The molecule has 104 valence electrons. The summed E-state index contributed by atoms with van der Waals surface area (Å²) in [4.78, 5) is 0. The van der Waals surface area contributed by atoms with Crippen molar-refractivity contribution in [3.8, 4) is 0 Å². The lowest BCUT2D eigenvalue weighted by Crippen LogP contribution is -2.21. The van der Waals surface area contributed by atoms with Crippen molar-refractivity contribution in [2.75, 3.05) is 6.54 Å². The summed E-state index contributed by atoms with van der Waals surface area (Å²) >= 11 is 1.78. The van der Waals surface area contributed by atoms with Gasteiger partial charge in [-0.2, -0.15) is 11.3 Å². The lowest BCUT2D eigenvalue weighted by Gasteiger charge is -2.15. The molecule has 3 heteroatoms. The molecule has 0 aliphatic rings. The van der Waals surface area contributed by atoms with Crippen molar-refractivity contribution in [1.82, 2.24) is 9.88 Å². The average Bonchev–Trinajstić information content (AvgIpc) is 3.09. The van der Waals surface area contributed by atoms with Gasteiger partial charge in [0.1, 0.15) is 0 Å². The SMILES string of the molecule is CCCNC(CC)c1ccn(CCc2ccsc2)c1. The molecule has 0 saturated heterocycles. The molecule has 0 bridgehead atoms. The Bertz CT molecular complexity index is 459. The van der Waals surface area contributed by atoms with Gasteiger partial charge in [-0.3, -0.25) is 0 Å². The molecule has 0 aliphatic carbocycles. The lowest BCUT2D eigenvalue weighted by atomic mass is 10.1. The lowest BCUT2D eigenvalue weighted by molar-refractivity contribution is 0.517. The van der Waals surface area contributed by atoms with Crippen molar-refractivity contribution in [3.63, 3.8) is 0 Å². The van der Waals surface area contributed by atoms with Crippen LogP contribution in [-0.4, -0.2) is 11.1 Å². The van der Waals surface area contributed by atoms with Crippen molar-refractivity contribution in [3.05, 3.63) is 46.4 Å². The first-order chi connectivity index (χ1) is 9.33. The van der Waals surface area contributed by atoms with Crippen LogP contribution in [0.1, 0.15) is 43.9 Å². The molecule has 0 aliphatic heterocycles. The highest BCUT2D eigenvalue weighted by Gasteiger charge is 2.09. The first-order valence-corrected chi connectivity index (χ1v) is 8.18. The molecule has 1 unspecified atom stereocenters. The Morgan fingerprint density at radius 3 is 2.89 bits per heavy atom. The minimum Gasteiger partial charge on any atom is -0.354 e. The molecule has 0 fully saturated rings. The van der Waals surface area contributed by atoms with E-state index in [1.807, 2.05) is 0 Å². The number of thiophene rings is 1. The maximum absolute atomic E-state index is 3.61. The highest BCUT2D eigenvalue weighted by Crippen LogP contribution is 2.17. The highest BCUT2D eigenvalue weighted by atomic mass is 32.1. The van der Waals surface area contributed by atoms with Gasteiger partial charge in [-0.15, -0.1) is 0 Å². The van der Waals surface area contributed by atoms with Gasteiger partial charge in [0.2, 0.25) is 0 Å². The minimum absolute atomic E-state index is 0.502. The Morgan fingerprint density at radius 1 is 1.32 bits per heavy atom. The quantitative estimate of drug-likeness (QED) is 0.763. The third-order valence-electron chi connectivity index (χ3n) is 3.46. The number of hydrogen-bond donors (Lipinski definition) is 1. The second kappa shape index (κ2) is 7.51. The number of nitrogens with zero attached hydrogens (tertiary/aromatic N) is 1. The normalized spacial score (nSPS) is 12.7. The van der Waals surface area contributed by atoms with Gasteiger partial charge in [-0.25, -0.2) is 0 Å². The molecule has 0 spiro atoms. The van der Waals surface area contributed by atoms with E-state index in [1.165, 1.54) is 17.5 Å². The molecule has 1 atom stereocenters. The van der Waals surface area contributed by atoms with Crippen LogP contribution in [0.5, 0.6) is 0 Å². The molecule has 2 heterocycles. The Morgan fingerprint density at radius 2 is 2.21 bits per heavy atom. The van der Waals surface area contributed by atoms with E-state index >= 15 is 0 Å². The van der Waals surface area contributed by atoms with Crippen molar-refractivity contribution in [2.45, 2.75) is 45.7 Å². The van der Waals surface area contributed by atoms with Crippen molar-refractivity contribution in [1.29, 1.82) is 0 Å². The van der Waals surface area contributed by atoms with Crippen LogP contribution in [0.4, 0.5) is 0 Å². The molecule has 0 amide bonds. The smallest absolute Gasteiger partial charge is 0.0332 e. The molecule has 19 heavy (non-hydrogen) atoms. The maximum atomic E-state index is 3.61. The summed E-state index contributed by atoms with van der Waals surface area (Å²) in [5, 5.41) is 8.00. The molecule has 0 saturated carbocycles. The zero-order valence-corrected chi connectivity index (χ0v) is 12.7. The molecule has 2 rings (SSSR count). The predicted molar refractivity (Wildman–Crippen MR) is 83.8 cm³/mol. The topological polar surface area (TPSA) is 17.0 Å². The van der Waals surface area contributed by atoms with E-state index in [0.29, 0.717) is 6.04 Å².